The van der Waals surface area contributed by atoms with Gasteiger partial charge in [-0.2, -0.15) is 0 Å². The van der Waals surface area contributed by atoms with Crippen LogP contribution in [0.2, 0.25) is 0 Å². The van der Waals surface area contributed by atoms with Crippen LogP contribution in [0.3, 0.4) is 0 Å². The summed E-state index contributed by atoms with van der Waals surface area (Å²) in [6.07, 6.45) is 0.864. The zero-order chi connectivity index (χ0) is 15.2. The molecule has 2 rings (SSSR count). The van der Waals surface area contributed by atoms with Crippen molar-refractivity contribution in [2.75, 3.05) is 38.9 Å². The number of amides is 1. The van der Waals surface area contributed by atoms with Gasteiger partial charge >= 0.3 is 0 Å². The van der Waals surface area contributed by atoms with E-state index in [0.29, 0.717) is 37.9 Å². The van der Waals surface area contributed by atoms with E-state index in [-0.39, 0.29) is 5.91 Å². The zero-order valence-electron chi connectivity index (χ0n) is 11.9. The van der Waals surface area contributed by atoms with Gasteiger partial charge in [0.1, 0.15) is 18.4 Å². The molecular weight excluding hydrogens is 340 g/mol. The number of carbonyl (C=O) groups is 1. The molecule has 1 aliphatic heterocycles. The number of nitrogens with one attached hydrogen (secondary N) is 1. The predicted octanol–water partition coefficient (Wildman–Crippen LogP) is 1.83. The molecule has 0 saturated heterocycles. The van der Waals surface area contributed by atoms with Crippen LogP contribution in [0.1, 0.15) is 18.0 Å². The molecule has 0 aliphatic carbocycles. The van der Waals surface area contributed by atoms with Crippen molar-refractivity contribution in [1.82, 2.24) is 0 Å². The lowest BCUT2D eigenvalue weighted by Crippen LogP contribution is -2.19. The van der Waals surface area contributed by atoms with Gasteiger partial charge in [0, 0.05) is 37.6 Å². The zero-order valence-corrected chi connectivity index (χ0v) is 13.4. The maximum atomic E-state index is 11.5. The Bertz CT molecular complexity index is 510. The number of carbonyl (C=O) groups excluding carboxylic acids is 1. The molecule has 1 aliphatic rings. The minimum Gasteiger partial charge on any atom is -0.490 e. The number of hydrogen-bond acceptors (Lipinski definition) is 5. The summed E-state index contributed by atoms with van der Waals surface area (Å²) in [4.78, 5) is 11.5. The lowest BCUT2D eigenvalue weighted by atomic mass is 10.1. The molecule has 0 spiro atoms. The number of fused-ring (bicyclic) bond motifs is 1. The van der Waals surface area contributed by atoms with Crippen molar-refractivity contribution < 1.29 is 19.0 Å². The van der Waals surface area contributed by atoms with Gasteiger partial charge in [-0.15, -0.1) is 0 Å². The van der Waals surface area contributed by atoms with E-state index in [9.17, 15) is 4.79 Å². The standard InChI is InChI=1S/C14H19BrN2O4/c1-19-3-2-4-20-5-6-21-12-8-11-9(7-10(12)15)13(16)14(18)17-11/h7-8,13H,2-6,16H2,1H3,(H,17,18). The van der Waals surface area contributed by atoms with Crippen molar-refractivity contribution in [3.8, 4) is 5.75 Å². The van der Waals surface area contributed by atoms with E-state index in [0.717, 1.165) is 16.5 Å². The molecule has 0 bridgehead atoms. The Labute approximate surface area is 132 Å². The van der Waals surface area contributed by atoms with Crippen molar-refractivity contribution in [3.05, 3.63) is 22.2 Å². The minimum absolute atomic E-state index is 0.199. The molecule has 0 radical (unpaired) electrons. The molecule has 3 N–H and O–H groups in total. The van der Waals surface area contributed by atoms with Gasteiger partial charge in [-0.1, -0.05) is 0 Å². The van der Waals surface area contributed by atoms with Gasteiger partial charge in [-0.05, 0) is 28.4 Å². The summed E-state index contributed by atoms with van der Waals surface area (Å²) in [6, 6.07) is 2.97. The maximum absolute atomic E-state index is 11.5. The molecule has 1 aromatic carbocycles. The molecular formula is C14H19BrN2O4. The molecule has 6 nitrogen and oxygen atoms in total. The highest BCUT2D eigenvalue weighted by molar-refractivity contribution is 9.10. The Balaban J connectivity index is 1.82. The second-order valence-corrected chi connectivity index (χ2v) is 5.50. The molecule has 1 heterocycles. The number of rotatable bonds is 8. The molecule has 0 fully saturated rings. The Morgan fingerprint density at radius 2 is 2.10 bits per heavy atom. The first-order valence-electron chi connectivity index (χ1n) is 6.73. The first kappa shape index (κ1) is 16.2. The fourth-order valence-corrected chi connectivity index (χ4v) is 2.49. The summed E-state index contributed by atoms with van der Waals surface area (Å²) in [6.45, 7) is 2.27. The highest BCUT2D eigenvalue weighted by Gasteiger charge is 2.28. The largest absolute Gasteiger partial charge is 0.490 e. The van der Waals surface area contributed by atoms with Crippen LogP contribution < -0.4 is 15.8 Å². The molecule has 0 aromatic heterocycles. The number of benzene rings is 1. The van der Waals surface area contributed by atoms with E-state index in [1.807, 2.05) is 6.07 Å². The third-order valence-electron chi connectivity index (χ3n) is 3.10. The number of ether oxygens (including phenoxy) is 3. The van der Waals surface area contributed by atoms with Crippen molar-refractivity contribution in [2.24, 2.45) is 5.73 Å². The highest BCUT2D eigenvalue weighted by atomic mass is 79.9. The molecule has 1 unspecified atom stereocenters. The minimum atomic E-state index is -0.616. The van der Waals surface area contributed by atoms with Gasteiger partial charge in [-0.25, -0.2) is 0 Å². The lowest BCUT2D eigenvalue weighted by molar-refractivity contribution is -0.116. The first-order valence-corrected chi connectivity index (χ1v) is 7.52. The van der Waals surface area contributed by atoms with Crippen LogP contribution in [0.15, 0.2) is 16.6 Å². The molecule has 21 heavy (non-hydrogen) atoms. The van der Waals surface area contributed by atoms with E-state index in [1.165, 1.54) is 0 Å². The Hall–Kier alpha value is -1.15. The average molecular weight is 359 g/mol. The van der Waals surface area contributed by atoms with Crippen molar-refractivity contribution >= 4 is 27.5 Å². The molecule has 7 heteroatoms. The summed E-state index contributed by atoms with van der Waals surface area (Å²) < 4.78 is 16.8. The van der Waals surface area contributed by atoms with Gasteiger partial charge in [0.05, 0.1) is 11.1 Å². The quantitative estimate of drug-likeness (QED) is 0.692. The van der Waals surface area contributed by atoms with Crippen LogP contribution in [0.25, 0.3) is 0 Å². The van der Waals surface area contributed by atoms with Gasteiger partial charge in [0.15, 0.2) is 0 Å². The van der Waals surface area contributed by atoms with E-state index in [4.69, 9.17) is 19.9 Å². The number of anilines is 1. The summed E-state index contributed by atoms with van der Waals surface area (Å²) in [5.74, 6) is 0.458. The van der Waals surface area contributed by atoms with Crippen molar-refractivity contribution in [2.45, 2.75) is 12.5 Å². The van der Waals surface area contributed by atoms with Crippen LogP contribution in [0.5, 0.6) is 5.75 Å². The third kappa shape index (κ3) is 4.16. The molecule has 1 amide bonds. The van der Waals surface area contributed by atoms with Crippen molar-refractivity contribution in [1.29, 1.82) is 0 Å². The van der Waals surface area contributed by atoms with E-state index in [2.05, 4.69) is 21.2 Å². The SMILES string of the molecule is COCCCOCCOc1cc2c(cc1Br)C(N)C(=O)N2. The smallest absolute Gasteiger partial charge is 0.245 e. The maximum Gasteiger partial charge on any atom is 0.245 e. The second-order valence-electron chi connectivity index (χ2n) is 4.64. The Morgan fingerprint density at radius 1 is 1.29 bits per heavy atom. The topological polar surface area (TPSA) is 82.8 Å². The number of halogens is 1. The Kier molecular flexibility index (Phi) is 5.98. The molecule has 1 atom stereocenters. The summed E-state index contributed by atoms with van der Waals surface area (Å²) in [7, 11) is 1.67. The average Bonchev–Trinajstić information content (AvgIpc) is 2.73. The Morgan fingerprint density at radius 3 is 2.86 bits per heavy atom. The van der Waals surface area contributed by atoms with Gasteiger partial charge < -0.3 is 25.3 Å². The fourth-order valence-electron chi connectivity index (χ4n) is 2.01. The number of methoxy groups -OCH3 is 1. The van der Waals surface area contributed by atoms with Crippen LogP contribution in [0, 0.1) is 0 Å². The predicted molar refractivity (Wildman–Crippen MR) is 82.5 cm³/mol. The summed E-state index contributed by atoms with van der Waals surface area (Å²) >= 11 is 3.42. The number of hydrogen-bond donors (Lipinski definition) is 2. The number of nitrogens with two attached hydrogens (primary N) is 1. The molecule has 116 valence electrons. The van der Waals surface area contributed by atoms with Crippen LogP contribution in [-0.2, 0) is 14.3 Å². The summed E-state index contributed by atoms with van der Waals surface area (Å²) in [5.41, 5.74) is 7.26. The lowest BCUT2D eigenvalue weighted by Gasteiger charge is -2.11. The van der Waals surface area contributed by atoms with Crippen LogP contribution >= 0.6 is 15.9 Å². The third-order valence-corrected chi connectivity index (χ3v) is 3.72. The van der Waals surface area contributed by atoms with Gasteiger partial charge in [0.2, 0.25) is 5.91 Å². The molecule has 1 aromatic rings. The van der Waals surface area contributed by atoms with Crippen molar-refractivity contribution in [3.63, 3.8) is 0 Å². The van der Waals surface area contributed by atoms with E-state index < -0.39 is 6.04 Å². The van der Waals surface area contributed by atoms with Crippen LogP contribution in [0.4, 0.5) is 5.69 Å². The highest BCUT2D eigenvalue weighted by Crippen LogP contribution is 2.37. The van der Waals surface area contributed by atoms with Gasteiger partial charge in [-0.3, -0.25) is 4.79 Å². The second kappa shape index (κ2) is 7.74. The normalized spacial score (nSPS) is 16.7. The van der Waals surface area contributed by atoms with Gasteiger partial charge in [0.25, 0.3) is 0 Å². The summed E-state index contributed by atoms with van der Waals surface area (Å²) in [5, 5.41) is 2.73. The molecule has 0 saturated carbocycles. The fraction of sp³-hybridized carbons (Fsp3) is 0.500. The van der Waals surface area contributed by atoms with E-state index >= 15 is 0 Å². The first-order chi connectivity index (χ1) is 10.1. The van der Waals surface area contributed by atoms with E-state index in [1.54, 1.807) is 13.2 Å². The van der Waals surface area contributed by atoms with Crippen LogP contribution in [-0.4, -0.2) is 39.4 Å². The monoisotopic (exact) mass is 358 g/mol.